The fourth-order valence-electron chi connectivity index (χ4n) is 3.45. The largest absolute Gasteiger partial charge is 0.439 e. The second-order valence-electron chi connectivity index (χ2n) is 7.52. The first kappa shape index (κ1) is 22.3. The summed E-state index contributed by atoms with van der Waals surface area (Å²) in [4.78, 5) is 20.5. The maximum absolute atomic E-state index is 12.6. The van der Waals surface area contributed by atoms with Crippen LogP contribution in [0.2, 0.25) is 0 Å². The first-order valence-electron chi connectivity index (χ1n) is 9.75. The lowest BCUT2D eigenvalue weighted by Crippen LogP contribution is -2.42. The third-order valence-corrected chi connectivity index (χ3v) is 6.89. The molecular formula is C21H20F3N3O4S. The molecule has 170 valence electrons. The summed E-state index contributed by atoms with van der Waals surface area (Å²) in [5.41, 5.74) is -0.146. The summed E-state index contributed by atoms with van der Waals surface area (Å²) in [5, 5.41) is 3.47. The topological polar surface area (TPSA) is 105 Å². The molecule has 3 heterocycles. The van der Waals surface area contributed by atoms with E-state index in [1.54, 1.807) is 30.3 Å². The zero-order chi connectivity index (χ0) is 22.9. The van der Waals surface area contributed by atoms with E-state index in [4.69, 9.17) is 4.74 Å². The first-order chi connectivity index (χ1) is 15.1. The van der Waals surface area contributed by atoms with Crippen LogP contribution < -0.4 is 10.1 Å². The van der Waals surface area contributed by atoms with E-state index in [0.717, 1.165) is 12.1 Å². The number of carbonyl (C=O) groups is 1. The standard InChI is InChI=1S/C21H20F3N3O4S/c22-21(23,24)14-4-8-19(25-11-14)31-16-5-7-17-13(10-16)3-6-18(27-17)20(28)26-15-2-1-9-32(29,30)12-15/h3-8,10-11,15,29-30H,1-2,9,12H2,(H,26,28). The number of nitrogens with one attached hydrogen (secondary N) is 1. The average Bonchev–Trinajstić information content (AvgIpc) is 2.72. The third-order valence-electron chi connectivity index (χ3n) is 5.01. The summed E-state index contributed by atoms with van der Waals surface area (Å²) >= 11 is 0. The average molecular weight is 467 g/mol. The first-order valence-corrected chi connectivity index (χ1v) is 11.6. The number of pyridine rings is 2. The molecule has 3 N–H and O–H groups in total. The second-order valence-corrected chi connectivity index (χ2v) is 9.87. The minimum atomic E-state index is -4.47. The molecule has 1 amide bonds. The van der Waals surface area contributed by atoms with Crippen molar-refractivity contribution in [3.63, 3.8) is 0 Å². The van der Waals surface area contributed by atoms with Gasteiger partial charge in [0.1, 0.15) is 11.4 Å². The van der Waals surface area contributed by atoms with Gasteiger partial charge in [-0.3, -0.25) is 13.9 Å². The van der Waals surface area contributed by atoms with E-state index in [-0.39, 0.29) is 23.4 Å². The predicted octanol–water partition coefficient (Wildman–Crippen LogP) is 5.08. The maximum atomic E-state index is 12.6. The third kappa shape index (κ3) is 5.29. The summed E-state index contributed by atoms with van der Waals surface area (Å²) in [6.07, 6.45) is -2.46. The van der Waals surface area contributed by atoms with E-state index in [2.05, 4.69) is 15.3 Å². The van der Waals surface area contributed by atoms with Gasteiger partial charge in [0, 0.05) is 29.4 Å². The fourth-order valence-corrected chi connectivity index (χ4v) is 5.14. The van der Waals surface area contributed by atoms with Crippen LogP contribution in [0.4, 0.5) is 13.2 Å². The minimum Gasteiger partial charge on any atom is -0.439 e. The molecule has 1 atom stereocenters. The van der Waals surface area contributed by atoms with Gasteiger partial charge in [0.05, 0.1) is 16.8 Å². The Morgan fingerprint density at radius 3 is 2.66 bits per heavy atom. The Labute approximate surface area is 183 Å². The molecule has 4 rings (SSSR count). The van der Waals surface area contributed by atoms with Crippen molar-refractivity contribution in [1.82, 2.24) is 15.3 Å². The van der Waals surface area contributed by atoms with Gasteiger partial charge in [0.25, 0.3) is 5.91 Å². The Balaban J connectivity index is 1.45. The highest BCUT2D eigenvalue weighted by Gasteiger charge is 2.31. The molecular weight excluding hydrogens is 447 g/mol. The number of amides is 1. The van der Waals surface area contributed by atoms with E-state index in [0.29, 0.717) is 41.4 Å². The SMILES string of the molecule is O=C(NC1CCCS(O)(O)C1)c1ccc2cc(Oc3ccc(C(F)(F)F)cn3)ccc2n1. The lowest BCUT2D eigenvalue weighted by Gasteiger charge is -2.40. The van der Waals surface area contributed by atoms with Crippen LogP contribution in [-0.2, 0) is 6.18 Å². The van der Waals surface area contributed by atoms with Crippen LogP contribution in [0.5, 0.6) is 11.6 Å². The highest BCUT2D eigenvalue weighted by Crippen LogP contribution is 2.44. The number of ether oxygens (including phenoxy) is 1. The number of benzene rings is 1. The molecule has 11 heteroatoms. The molecule has 1 aromatic carbocycles. The molecule has 1 aliphatic rings. The number of hydrogen-bond acceptors (Lipinski definition) is 6. The van der Waals surface area contributed by atoms with Gasteiger partial charge in [-0.1, -0.05) is 6.07 Å². The Kier molecular flexibility index (Phi) is 5.97. The number of carbonyl (C=O) groups excluding carboxylic acids is 1. The Hall–Kier alpha value is -2.89. The van der Waals surface area contributed by atoms with Crippen molar-refractivity contribution in [3.05, 3.63) is 59.9 Å². The minimum absolute atomic E-state index is 0.0137. The molecule has 0 radical (unpaired) electrons. The number of rotatable bonds is 4. The van der Waals surface area contributed by atoms with Crippen LogP contribution in [0.3, 0.4) is 0 Å². The quantitative estimate of drug-likeness (QED) is 0.494. The van der Waals surface area contributed by atoms with E-state index in [9.17, 15) is 27.1 Å². The van der Waals surface area contributed by atoms with Gasteiger partial charge in [0.15, 0.2) is 0 Å². The van der Waals surface area contributed by atoms with E-state index < -0.39 is 28.2 Å². The van der Waals surface area contributed by atoms with Crippen LogP contribution in [-0.4, -0.2) is 42.5 Å². The van der Waals surface area contributed by atoms with E-state index in [1.165, 1.54) is 0 Å². The molecule has 0 saturated carbocycles. The molecule has 1 unspecified atom stereocenters. The van der Waals surface area contributed by atoms with Gasteiger partial charge >= 0.3 is 6.18 Å². The molecule has 3 aromatic rings. The van der Waals surface area contributed by atoms with Crippen molar-refractivity contribution in [2.45, 2.75) is 25.1 Å². The zero-order valence-corrected chi connectivity index (χ0v) is 17.5. The van der Waals surface area contributed by atoms with Crippen molar-refractivity contribution in [1.29, 1.82) is 0 Å². The number of fused-ring (bicyclic) bond motifs is 1. The zero-order valence-electron chi connectivity index (χ0n) is 16.7. The fraction of sp³-hybridized carbons (Fsp3) is 0.286. The van der Waals surface area contributed by atoms with Gasteiger partial charge in [-0.05, 0) is 43.2 Å². The molecule has 1 saturated heterocycles. The highest BCUT2D eigenvalue weighted by atomic mass is 32.3. The monoisotopic (exact) mass is 467 g/mol. The maximum Gasteiger partial charge on any atom is 0.417 e. The van der Waals surface area contributed by atoms with Gasteiger partial charge in [-0.2, -0.15) is 23.8 Å². The Morgan fingerprint density at radius 2 is 1.97 bits per heavy atom. The van der Waals surface area contributed by atoms with Crippen LogP contribution in [0.1, 0.15) is 28.9 Å². The van der Waals surface area contributed by atoms with Crippen molar-refractivity contribution in [2.75, 3.05) is 11.5 Å². The number of nitrogens with zero attached hydrogens (tertiary/aromatic N) is 2. The van der Waals surface area contributed by atoms with Gasteiger partial charge in [-0.25, -0.2) is 9.97 Å². The van der Waals surface area contributed by atoms with Crippen molar-refractivity contribution >= 4 is 27.4 Å². The summed E-state index contributed by atoms with van der Waals surface area (Å²) < 4.78 is 63.1. The molecule has 7 nitrogen and oxygen atoms in total. The number of hydrogen-bond donors (Lipinski definition) is 3. The van der Waals surface area contributed by atoms with Crippen molar-refractivity contribution in [3.8, 4) is 11.6 Å². The Bertz CT molecular complexity index is 1140. The van der Waals surface area contributed by atoms with Crippen molar-refractivity contribution in [2.24, 2.45) is 0 Å². The number of alkyl halides is 3. The number of aromatic nitrogens is 2. The summed E-state index contributed by atoms with van der Waals surface area (Å²) in [6, 6.07) is 9.78. The summed E-state index contributed by atoms with van der Waals surface area (Å²) in [7, 11) is -2.64. The van der Waals surface area contributed by atoms with Gasteiger partial charge in [-0.15, -0.1) is 0 Å². The molecule has 0 aliphatic carbocycles. The van der Waals surface area contributed by atoms with Crippen molar-refractivity contribution < 1.29 is 31.8 Å². The predicted molar refractivity (Wildman–Crippen MR) is 114 cm³/mol. The lowest BCUT2D eigenvalue weighted by molar-refractivity contribution is -0.137. The molecule has 32 heavy (non-hydrogen) atoms. The lowest BCUT2D eigenvalue weighted by atomic mass is 10.1. The molecule has 0 spiro atoms. The van der Waals surface area contributed by atoms with Crippen LogP contribution in [0.25, 0.3) is 10.9 Å². The van der Waals surface area contributed by atoms with Crippen LogP contribution in [0, 0.1) is 0 Å². The normalized spacial score (nSPS) is 19.3. The van der Waals surface area contributed by atoms with Gasteiger partial charge in [0.2, 0.25) is 5.88 Å². The second kappa shape index (κ2) is 8.57. The van der Waals surface area contributed by atoms with E-state index in [1.807, 2.05) is 0 Å². The number of halogens is 3. The molecule has 1 aliphatic heterocycles. The Morgan fingerprint density at radius 1 is 1.16 bits per heavy atom. The molecule has 1 fully saturated rings. The molecule has 2 aromatic heterocycles. The highest BCUT2D eigenvalue weighted by molar-refractivity contribution is 8.24. The molecule has 0 bridgehead atoms. The summed E-state index contributed by atoms with van der Waals surface area (Å²) in [5.74, 6) is 0.476. The van der Waals surface area contributed by atoms with E-state index >= 15 is 0 Å². The van der Waals surface area contributed by atoms with Crippen LogP contribution >= 0.6 is 10.6 Å². The van der Waals surface area contributed by atoms with Gasteiger partial charge < -0.3 is 10.1 Å². The smallest absolute Gasteiger partial charge is 0.417 e. The summed E-state index contributed by atoms with van der Waals surface area (Å²) in [6.45, 7) is 0. The van der Waals surface area contributed by atoms with Crippen LogP contribution in [0.15, 0.2) is 48.7 Å².